The summed E-state index contributed by atoms with van der Waals surface area (Å²) in [5.74, 6) is -1.62. The number of allylic oxidation sites excluding steroid dienone is 1. The minimum Gasteiger partial charge on any atom is -0.466 e. The van der Waals surface area contributed by atoms with Gasteiger partial charge in [0.25, 0.3) is 0 Å². The van der Waals surface area contributed by atoms with Crippen molar-refractivity contribution in [2.75, 3.05) is 19.1 Å². The van der Waals surface area contributed by atoms with Crippen LogP contribution in [0.5, 0.6) is 0 Å². The van der Waals surface area contributed by atoms with Crippen LogP contribution in [0.1, 0.15) is 17.2 Å². The Labute approximate surface area is 207 Å². The second kappa shape index (κ2) is 10.2. The normalized spacial score (nSPS) is 15.5. The number of rotatable bonds is 6. The summed E-state index contributed by atoms with van der Waals surface area (Å²) >= 11 is 0. The van der Waals surface area contributed by atoms with Crippen LogP contribution >= 0.6 is 0 Å². The van der Waals surface area contributed by atoms with Crippen LogP contribution < -0.4 is 10.6 Å². The van der Waals surface area contributed by atoms with E-state index in [9.17, 15) is 20.0 Å². The van der Waals surface area contributed by atoms with Crippen LogP contribution in [0.2, 0.25) is 0 Å². The van der Waals surface area contributed by atoms with Gasteiger partial charge in [0.05, 0.1) is 37.4 Å². The van der Waals surface area contributed by atoms with Crippen LogP contribution in [0.15, 0.2) is 93.8 Å². The molecule has 1 aromatic heterocycles. The van der Waals surface area contributed by atoms with Crippen LogP contribution in [-0.2, 0) is 25.7 Å². The lowest BCUT2D eigenvalue weighted by molar-refractivity contribution is -0.139. The molecule has 0 saturated heterocycles. The first-order valence-corrected chi connectivity index (χ1v) is 10.9. The van der Waals surface area contributed by atoms with Crippen LogP contribution in [0.4, 0.5) is 5.69 Å². The standard InChI is InChI=1S/C27H23N3O6/c1-34-26(32)23-22(17-6-4-3-5-7-17)20(14-28)25(29)30(24(23)27(33)35-2)18-10-8-16(9-11-18)21-13-12-19(15-31)36-21/h3-13,22,31H,15,29H2,1-2H3. The van der Waals surface area contributed by atoms with Crippen molar-refractivity contribution in [2.24, 2.45) is 5.73 Å². The lowest BCUT2D eigenvalue weighted by Gasteiger charge is -2.35. The molecule has 1 aliphatic rings. The van der Waals surface area contributed by atoms with Gasteiger partial charge in [0.2, 0.25) is 0 Å². The summed E-state index contributed by atoms with van der Waals surface area (Å²) < 4.78 is 15.6. The molecule has 1 aliphatic heterocycles. The molecule has 0 fully saturated rings. The van der Waals surface area contributed by atoms with Gasteiger partial charge in [0, 0.05) is 11.3 Å². The topological polar surface area (TPSA) is 139 Å². The highest BCUT2D eigenvalue weighted by Crippen LogP contribution is 2.43. The van der Waals surface area contributed by atoms with Gasteiger partial charge in [0.15, 0.2) is 0 Å². The van der Waals surface area contributed by atoms with E-state index in [0.717, 1.165) is 0 Å². The first-order chi connectivity index (χ1) is 17.4. The minimum atomic E-state index is -0.937. The molecule has 0 amide bonds. The molecule has 182 valence electrons. The number of carbonyl (C=O) groups is 2. The average Bonchev–Trinajstić information content (AvgIpc) is 3.41. The van der Waals surface area contributed by atoms with E-state index in [4.69, 9.17) is 19.6 Å². The lowest BCUT2D eigenvalue weighted by atomic mass is 9.81. The molecule has 1 atom stereocenters. The highest BCUT2D eigenvalue weighted by molar-refractivity contribution is 6.06. The summed E-state index contributed by atoms with van der Waals surface area (Å²) in [6, 6.07) is 21.1. The summed E-state index contributed by atoms with van der Waals surface area (Å²) in [5, 5.41) is 19.3. The predicted octanol–water partition coefficient (Wildman–Crippen LogP) is 3.34. The van der Waals surface area contributed by atoms with Gasteiger partial charge in [-0.15, -0.1) is 0 Å². The Bertz CT molecular complexity index is 1400. The molecule has 1 unspecified atom stereocenters. The number of benzene rings is 2. The highest BCUT2D eigenvalue weighted by Gasteiger charge is 2.42. The van der Waals surface area contributed by atoms with Gasteiger partial charge in [-0.3, -0.25) is 4.90 Å². The molecule has 0 radical (unpaired) electrons. The molecule has 0 aliphatic carbocycles. The Kier molecular flexibility index (Phi) is 6.90. The zero-order chi connectivity index (χ0) is 25.8. The molecule has 9 heteroatoms. The predicted molar refractivity (Wildman–Crippen MR) is 130 cm³/mol. The third-order valence-electron chi connectivity index (χ3n) is 5.84. The fourth-order valence-electron chi connectivity index (χ4n) is 4.17. The van der Waals surface area contributed by atoms with E-state index in [2.05, 4.69) is 6.07 Å². The zero-order valence-electron chi connectivity index (χ0n) is 19.6. The van der Waals surface area contributed by atoms with Crippen molar-refractivity contribution < 1.29 is 28.6 Å². The van der Waals surface area contributed by atoms with Crippen LogP contribution in [0.25, 0.3) is 11.3 Å². The summed E-state index contributed by atoms with van der Waals surface area (Å²) in [5.41, 5.74) is 8.06. The third kappa shape index (κ3) is 4.21. The summed E-state index contributed by atoms with van der Waals surface area (Å²) in [7, 11) is 2.39. The summed E-state index contributed by atoms with van der Waals surface area (Å²) in [6.07, 6.45) is 0. The van der Waals surface area contributed by atoms with Gasteiger partial charge in [-0.05, 0) is 42.0 Å². The average molecular weight is 485 g/mol. The molecule has 2 aromatic carbocycles. The Balaban J connectivity index is 1.92. The van der Waals surface area contributed by atoms with Crippen molar-refractivity contribution >= 4 is 17.6 Å². The third-order valence-corrected chi connectivity index (χ3v) is 5.84. The molecule has 3 aromatic rings. The molecule has 4 rings (SSSR count). The Hall–Kier alpha value is -4.81. The van der Waals surface area contributed by atoms with Gasteiger partial charge in [-0.2, -0.15) is 5.26 Å². The first-order valence-electron chi connectivity index (χ1n) is 10.9. The van der Waals surface area contributed by atoms with Crippen LogP contribution in [0, 0.1) is 11.3 Å². The zero-order valence-corrected chi connectivity index (χ0v) is 19.6. The molecular formula is C27H23N3O6. The van der Waals surface area contributed by atoms with E-state index < -0.39 is 17.9 Å². The highest BCUT2D eigenvalue weighted by atomic mass is 16.5. The van der Waals surface area contributed by atoms with E-state index in [1.807, 2.05) is 0 Å². The second-order valence-corrected chi connectivity index (χ2v) is 7.81. The molecule has 3 N–H and O–H groups in total. The number of nitriles is 1. The number of nitrogens with zero attached hydrogens (tertiary/aromatic N) is 2. The number of esters is 2. The number of hydrogen-bond acceptors (Lipinski definition) is 9. The first kappa shape index (κ1) is 24.3. The minimum absolute atomic E-state index is 0.0206. The smallest absolute Gasteiger partial charge is 0.355 e. The molecule has 9 nitrogen and oxygen atoms in total. The van der Waals surface area contributed by atoms with E-state index in [-0.39, 0.29) is 29.3 Å². The number of nitrogens with two attached hydrogens (primary N) is 1. The quantitative estimate of drug-likeness (QED) is 0.503. The molecular weight excluding hydrogens is 462 g/mol. The molecule has 0 saturated carbocycles. The van der Waals surface area contributed by atoms with E-state index in [1.54, 1.807) is 66.7 Å². The van der Waals surface area contributed by atoms with Crippen molar-refractivity contribution in [2.45, 2.75) is 12.5 Å². The maximum absolute atomic E-state index is 13.1. The molecule has 2 heterocycles. The van der Waals surface area contributed by atoms with Crippen molar-refractivity contribution in [1.29, 1.82) is 5.26 Å². The van der Waals surface area contributed by atoms with Crippen LogP contribution in [0.3, 0.4) is 0 Å². The van der Waals surface area contributed by atoms with E-state index in [0.29, 0.717) is 28.3 Å². The lowest BCUT2D eigenvalue weighted by Crippen LogP contribution is -2.40. The van der Waals surface area contributed by atoms with Crippen molar-refractivity contribution in [3.05, 3.63) is 101 Å². The monoisotopic (exact) mass is 485 g/mol. The van der Waals surface area contributed by atoms with Crippen molar-refractivity contribution in [3.8, 4) is 17.4 Å². The number of ether oxygens (including phenoxy) is 2. The number of aliphatic hydroxyl groups is 1. The van der Waals surface area contributed by atoms with Crippen molar-refractivity contribution in [3.63, 3.8) is 0 Å². The SMILES string of the molecule is COC(=O)C1=C(C(=O)OC)N(c2ccc(-c3ccc(CO)o3)cc2)C(N)=C(C#N)C1c1ccccc1. The van der Waals surface area contributed by atoms with Crippen molar-refractivity contribution in [1.82, 2.24) is 0 Å². The number of carbonyl (C=O) groups excluding carboxylic acids is 2. The Morgan fingerprint density at radius 1 is 1.03 bits per heavy atom. The molecule has 0 bridgehead atoms. The van der Waals surface area contributed by atoms with Gasteiger partial charge in [-0.1, -0.05) is 30.3 Å². The van der Waals surface area contributed by atoms with Gasteiger partial charge in [-0.25, -0.2) is 9.59 Å². The Morgan fingerprint density at radius 2 is 1.69 bits per heavy atom. The molecule has 0 spiro atoms. The largest absolute Gasteiger partial charge is 0.466 e. The number of aliphatic hydroxyl groups excluding tert-OH is 1. The van der Waals surface area contributed by atoms with Gasteiger partial charge in [0.1, 0.15) is 29.6 Å². The maximum atomic E-state index is 13.1. The fraction of sp³-hybridized carbons (Fsp3) is 0.148. The van der Waals surface area contributed by atoms with Gasteiger partial charge >= 0.3 is 11.9 Å². The number of methoxy groups -OCH3 is 2. The molecule has 36 heavy (non-hydrogen) atoms. The van der Waals surface area contributed by atoms with Gasteiger partial charge < -0.3 is 24.7 Å². The Morgan fingerprint density at radius 3 is 2.25 bits per heavy atom. The second-order valence-electron chi connectivity index (χ2n) is 7.81. The van der Waals surface area contributed by atoms with E-state index >= 15 is 0 Å². The van der Waals surface area contributed by atoms with Crippen LogP contribution in [-0.4, -0.2) is 31.3 Å². The fourth-order valence-corrected chi connectivity index (χ4v) is 4.17. The summed E-state index contributed by atoms with van der Waals surface area (Å²) in [4.78, 5) is 27.5. The number of hydrogen-bond donors (Lipinski definition) is 2. The number of furan rings is 1. The maximum Gasteiger partial charge on any atom is 0.355 e. The summed E-state index contributed by atoms with van der Waals surface area (Å²) in [6.45, 7) is -0.226. The number of anilines is 1. The van der Waals surface area contributed by atoms with E-state index in [1.165, 1.54) is 19.1 Å².